The largest absolute Gasteiger partial charge is 0.228 e. The fourth-order valence-corrected chi connectivity index (χ4v) is 2.65. The van der Waals surface area contributed by atoms with E-state index < -0.39 is 0 Å². The first-order valence-corrected chi connectivity index (χ1v) is 7.39. The molecule has 0 radical (unpaired) electrons. The summed E-state index contributed by atoms with van der Waals surface area (Å²) < 4.78 is 13.5. The molecule has 1 aromatic heterocycles. The molecule has 0 atom stereocenters. The Labute approximate surface area is 133 Å². The van der Waals surface area contributed by atoms with Crippen LogP contribution in [0.25, 0.3) is 33.5 Å². The van der Waals surface area contributed by atoms with Crippen molar-refractivity contribution in [3.05, 3.63) is 84.7 Å². The predicted molar refractivity (Wildman–Crippen MR) is 90.4 cm³/mol. The number of hydrogen-bond donors (Lipinski definition) is 0. The highest BCUT2D eigenvalue weighted by molar-refractivity contribution is 5.93. The summed E-state index contributed by atoms with van der Waals surface area (Å²) in [6.45, 7) is 0. The number of nitrogens with zero attached hydrogens (tertiary/aromatic N) is 2. The molecule has 0 amide bonds. The minimum absolute atomic E-state index is 0.291. The van der Waals surface area contributed by atoms with Gasteiger partial charge in [0.2, 0.25) is 0 Å². The van der Waals surface area contributed by atoms with E-state index in [9.17, 15) is 4.39 Å². The molecule has 2 nitrogen and oxygen atoms in total. The second kappa shape index (κ2) is 5.61. The maximum Gasteiger partial charge on any atom is 0.160 e. The highest BCUT2D eigenvalue weighted by atomic mass is 19.1. The van der Waals surface area contributed by atoms with Crippen molar-refractivity contribution in [3.8, 4) is 22.6 Å². The van der Waals surface area contributed by atoms with Gasteiger partial charge in [0.05, 0.1) is 11.2 Å². The summed E-state index contributed by atoms with van der Waals surface area (Å²) in [6, 6.07) is 24.2. The summed E-state index contributed by atoms with van der Waals surface area (Å²) in [5.74, 6) is 0.238. The van der Waals surface area contributed by atoms with E-state index in [1.165, 1.54) is 12.1 Å². The molecule has 110 valence electrons. The Morgan fingerprint density at radius 1 is 0.652 bits per heavy atom. The van der Waals surface area contributed by atoms with E-state index >= 15 is 0 Å². The summed E-state index contributed by atoms with van der Waals surface area (Å²) in [5, 5.41) is 0.985. The van der Waals surface area contributed by atoms with Crippen LogP contribution in [0.15, 0.2) is 78.9 Å². The molecular weight excluding hydrogens is 287 g/mol. The van der Waals surface area contributed by atoms with Gasteiger partial charge in [-0.15, -0.1) is 0 Å². The third-order valence-corrected chi connectivity index (χ3v) is 3.73. The first kappa shape index (κ1) is 13.6. The Kier molecular flexibility index (Phi) is 3.31. The van der Waals surface area contributed by atoms with Crippen molar-refractivity contribution >= 4 is 10.9 Å². The first-order chi connectivity index (χ1) is 11.3. The lowest BCUT2D eigenvalue weighted by Crippen LogP contribution is -1.95. The second-order valence-electron chi connectivity index (χ2n) is 5.29. The van der Waals surface area contributed by atoms with Crippen LogP contribution in [0.1, 0.15) is 0 Å². The Bertz CT molecular complexity index is 981. The first-order valence-electron chi connectivity index (χ1n) is 7.39. The molecule has 23 heavy (non-hydrogen) atoms. The van der Waals surface area contributed by atoms with Crippen LogP contribution in [0.4, 0.5) is 4.39 Å². The number of aromatic nitrogens is 2. The van der Waals surface area contributed by atoms with Gasteiger partial charge in [-0.25, -0.2) is 14.4 Å². The summed E-state index contributed by atoms with van der Waals surface area (Å²) in [4.78, 5) is 9.30. The van der Waals surface area contributed by atoms with E-state index in [1.807, 2.05) is 60.7 Å². The van der Waals surface area contributed by atoms with Gasteiger partial charge >= 0.3 is 0 Å². The van der Waals surface area contributed by atoms with E-state index in [0.717, 1.165) is 22.2 Å². The van der Waals surface area contributed by atoms with Crippen molar-refractivity contribution in [2.45, 2.75) is 0 Å². The summed E-state index contributed by atoms with van der Waals surface area (Å²) in [7, 11) is 0. The van der Waals surface area contributed by atoms with Crippen molar-refractivity contribution < 1.29 is 4.39 Å². The molecule has 0 spiro atoms. The average molecular weight is 300 g/mol. The topological polar surface area (TPSA) is 25.8 Å². The van der Waals surface area contributed by atoms with Gasteiger partial charge in [-0.3, -0.25) is 0 Å². The minimum Gasteiger partial charge on any atom is -0.228 e. The lowest BCUT2D eigenvalue weighted by atomic mass is 10.1. The molecule has 0 bridgehead atoms. The van der Waals surface area contributed by atoms with Crippen LogP contribution in [0, 0.1) is 5.82 Å². The van der Waals surface area contributed by atoms with E-state index in [4.69, 9.17) is 4.98 Å². The van der Waals surface area contributed by atoms with Crippen molar-refractivity contribution in [3.63, 3.8) is 0 Å². The molecule has 3 heteroatoms. The molecule has 0 unspecified atom stereocenters. The predicted octanol–water partition coefficient (Wildman–Crippen LogP) is 5.10. The fourth-order valence-electron chi connectivity index (χ4n) is 2.65. The number of hydrogen-bond acceptors (Lipinski definition) is 2. The zero-order chi connectivity index (χ0) is 15.6. The van der Waals surface area contributed by atoms with Gasteiger partial charge in [0.25, 0.3) is 0 Å². The highest BCUT2D eigenvalue weighted by Crippen LogP contribution is 2.28. The van der Waals surface area contributed by atoms with Gasteiger partial charge in [0.15, 0.2) is 5.82 Å². The highest BCUT2D eigenvalue weighted by Gasteiger charge is 2.11. The van der Waals surface area contributed by atoms with E-state index in [2.05, 4.69) is 4.98 Å². The van der Waals surface area contributed by atoms with Gasteiger partial charge in [0.1, 0.15) is 5.82 Å². The van der Waals surface area contributed by atoms with Gasteiger partial charge in [-0.1, -0.05) is 60.7 Å². The van der Waals surface area contributed by atoms with Crippen LogP contribution in [-0.2, 0) is 0 Å². The molecule has 3 aromatic carbocycles. The molecule has 0 N–H and O–H groups in total. The third-order valence-electron chi connectivity index (χ3n) is 3.73. The lowest BCUT2D eigenvalue weighted by Gasteiger charge is -2.09. The Morgan fingerprint density at radius 2 is 1.39 bits per heavy atom. The SMILES string of the molecule is Fc1cccc(-c2nc(-c3ccccc3)c3ccccc3n2)c1. The molecule has 0 fully saturated rings. The monoisotopic (exact) mass is 300 g/mol. The van der Waals surface area contributed by atoms with Crippen LogP contribution < -0.4 is 0 Å². The molecule has 0 aliphatic carbocycles. The van der Waals surface area contributed by atoms with Crippen LogP contribution in [0.5, 0.6) is 0 Å². The zero-order valence-electron chi connectivity index (χ0n) is 12.3. The minimum atomic E-state index is -0.291. The Morgan fingerprint density at radius 3 is 2.22 bits per heavy atom. The molecule has 0 saturated carbocycles. The van der Waals surface area contributed by atoms with Gasteiger partial charge in [-0.2, -0.15) is 0 Å². The zero-order valence-corrected chi connectivity index (χ0v) is 12.3. The van der Waals surface area contributed by atoms with E-state index in [0.29, 0.717) is 11.4 Å². The molecule has 0 aliphatic rings. The molecule has 1 heterocycles. The molecule has 4 rings (SSSR count). The van der Waals surface area contributed by atoms with Crippen LogP contribution in [-0.4, -0.2) is 9.97 Å². The second-order valence-corrected chi connectivity index (χ2v) is 5.29. The smallest absolute Gasteiger partial charge is 0.160 e. The number of fused-ring (bicyclic) bond motifs is 1. The average Bonchev–Trinajstić information content (AvgIpc) is 2.61. The van der Waals surface area contributed by atoms with Gasteiger partial charge in [0, 0.05) is 16.5 Å². The quantitative estimate of drug-likeness (QED) is 0.514. The van der Waals surface area contributed by atoms with Crippen LogP contribution in [0.2, 0.25) is 0 Å². The van der Waals surface area contributed by atoms with Crippen LogP contribution in [0.3, 0.4) is 0 Å². The lowest BCUT2D eigenvalue weighted by molar-refractivity contribution is 0.628. The Balaban J connectivity index is 2.01. The summed E-state index contributed by atoms with van der Waals surface area (Å²) >= 11 is 0. The van der Waals surface area contributed by atoms with Gasteiger partial charge in [-0.05, 0) is 18.2 Å². The Hall–Kier alpha value is -3.07. The van der Waals surface area contributed by atoms with E-state index in [-0.39, 0.29) is 5.82 Å². The third kappa shape index (κ3) is 2.57. The maximum atomic E-state index is 13.5. The number of rotatable bonds is 2. The maximum absolute atomic E-state index is 13.5. The number of benzene rings is 3. The fraction of sp³-hybridized carbons (Fsp3) is 0. The number of para-hydroxylation sites is 1. The van der Waals surface area contributed by atoms with E-state index in [1.54, 1.807) is 6.07 Å². The molecule has 4 aromatic rings. The normalized spacial score (nSPS) is 10.8. The van der Waals surface area contributed by atoms with Crippen LogP contribution >= 0.6 is 0 Å². The molecule has 0 aliphatic heterocycles. The molecular formula is C20H13FN2. The standard InChI is InChI=1S/C20H13FN2/c21-16-10-6-9-15(13-16)20-22-18-12-5-4-11-17(18)19(23-20)14-7-2-1-3-8-14/h1-13H. The summed E-state index contributed by atoms with van der Waals surface area (Å²) in [5.41, 5.74) is 3.40. The van der Waals surface area contributed by atoms with Crippen molar-refractivity contribution in [2.24, 2.45) is 0 Å². The van der Waals surface area contributed by atoms with Gasteiger partial charge < -0.3 is 0 Å². The van der Waals surface area contributed by atoms with Crippen molar-refractivity contribution in [2.75, 3.05) is 0 Å². The van der Waals surface area contributed by atoms with Crippen molar-refractivity contribution in [1.82, 2.24) is 9.97 Å². The summed E-state index contributed by atoms with van der Waals surface area (Å²) in [6.07, 6.45) is 0. The molecule has 0 saturated heterocycles. The number of halogens is 1. The van der Waals surface area contributed by atoms with Crippen molar-refractivity contribution in [1.29, 1.82) is 0 Å².